The van der Waals surface area contributed by atoms with Gasteiger partial charge in [0, 0.05) is 36.3 Å². The molecule has 1 aliphatic rings. The summed E-state index contributed by atoms with van der Waals surface area (Å²) in [5.41, 5.74) is 3.84. The van der Waals surface area contributed by atoms with Gasteiger partial charge in [-0.1, -0.05) is 0 Å². The van der Waals surface area contributed by atoms with Crippen LogP contribution >= 0.6 is 11.3 Å². The fraction of sp³-hybridized carbons (Fsp3) is 0.429. The van der Waals surface area contributed by atoms with E-state index in [1.807, 2.05) is 24.1 Å². The molecule has 0 bridgehead atoms. The smallest absolute Gasteiger partial charge is 0.273 e. The summed E-state index contributed by atoms with van der Waals surface area (Å²) in [6, 6.07) is 0. The molecule has 0 unspecified atom stereocenters. The average Bonchev–Trinajstić information content (AvgIpc) is 2.74. The Labute approximate surface area is 121 Å². The Hall–Kier alpha value is -1.82. The minimum atomic E-state index is 0.0211. The highest BCUT2D eigenvalue weighted by molar-refractivity contribution is 7.09. The number of hydrogen-bond acceptors (Lipinski definition) is 5. The predicted octanol–water partition coefficient (Wildman–Crippen LogP) is 1.79. The molecule has 0 aromatic carbocycles. The van der Waals surface area contributed by atoms with Crippen molar-refractivity contribution in [2.45, 2.75) is 26.7 Å². The zero-order valence-electron chi connectivity index (χ0n) is 11.6. The van der Waals surface area contributed by atoms with Gasteiger partial charge in [0.25, 0.3) is 5.91 Å². The van der Waals surface area contributed by atoms with Crippen molar-refractivity contribution < 1.29 is 4.79 Å². The van der Waals surface area contributed by atoms with E-state index in [2.05, 4.69) is 15.0 Å². The minimum Gasteiger partial charge on any atom is -0.337 e. The molecule has 6 heteroatoms. The highest BCUT2D eigenvalue weighted by Gasteiger charge is 2.22. The molecule has 0 fully saturated rings. The second-order valence-corrected chi connectivity index (χ2v) is 5.99. The first kappa shape index (κ1) is 13.2. The third-order valence-corrected chi connectivity index (χ3v) is 4.40. The maximum atomic E-state index is 12.4. The van der Waals surface area contributed by atoms with E-state index in [4.69, 9.17) is 0 Å². The Morgan fingerprint density at radius 2 is 2.05 bits per heavy atom. The predicted molar refractivity (Wildman–Crippen MR) is 76.9 cm³/mol. The number of aromatic nitrogens is 3. The molecule has 1 amide bonds. The topological polar surface area (TPSA) is 59.0 Å². The quantitative estimate of drug-likeness (QED) is 0.802. The van der Waals surface area contributed by atoms with Crippen LogP contribution in [0.1, 0.15) is 32.4 Å². The number of thiazole rings is 1. The summed E-state index contributed by atoms with van der Waals surface area (Å²) < 4.78 is 0. The van der Waals surface area contributed by atoms with E-state index < -0.39 is 0 Å². The van der Waals surface area contributed by atoms with Gasteiger partial charge in [0.2, 0.25) is 0 Å². The van der Waals surface area contributed by atoms with E-state index in [0.717, 1.165) is 29.2 Å². The molecule has 104 valence electrons. The molecule has 0 atom stereocenters. The van der Waals surface area contributed by atoms with Crippen LogP contribution in [0.25, 0.3) is 0 Å². The Balaban J connectivity index is 1.80. The first-order valence-corrected chi connectivity index (χ1v) is 7.54. The van der Waals surface area contributed by atoms with Crippen molar-refractivity contribution in [1.29, 1.82) is 0 Å². The van der Waals surface area contributed by atoms with E-state index in [0.29, 0.717) is 18.8 Å². The summed E-state index contributed by atoms with van der Waals surface area (Å²) in [5.74, 6) is 0.0211. The molecule has 0 aliphatic carbocycles. The zero-order valence-corrected chi connectivity index (χ0v) is 12.4. The van der Waals surface area contributed by atoms with Crippen molar-refractivity contribution >= 4 is 17.2 Å². The Morgan fingerprint density at radius 1 is 1.25 bits per heavy atom. The van der Waals surface area contributed by atoms with Gasteiger partial charge >= 0.3 is 0 Å². The highest BCUT2D eigenvalue weighted by Crippen LogP contribution is 2.18. The van der Waals surface area contributed by atoms with Crippen LogP contribution in [0.15, 0.2) is 11.7 Å². The van der Waals surface area contributed by atoms with Gasteiger partial charge < -0.3 is 4.90 Å². The Morgan fingerprint density at radius 3 is 2.80 bits per heavy atom. The summed E-state index contributed by atoms with van der Waals surface area (Å²) in [6.07, 6.45) is 3.21. The van der Waals surface area contributed by atoms with E-state index in [-0.39, 0.29) is 5.91 Å². The lowest BCUT2D eigenvalue weighted by molar-refractivity contribution is 0.0757. The van der Waals surface area contributed by atoms with Crippen molar-refractivity contribution in [2.24, 2.45) is 0 Å². The van der Waals surface area contributed by atoms with E-state index in [1.54, 1.807) is 6.33 Å². The van der Waals surface area contributed by atoms with Gasteiger partial charge in [-0.25, -0.2) is 15.0 Å². The van der Waals surface area contributed by atoms with Crippen molar-refractivity contribution in [3.8, 4) is 0 Å². The first-order valence-electron chi connectivity index (χ1n) is 6.66. The number of carbonyl (C=O) groups excluding carboxylic acids is 1. The number of fused-ring (bicyclic) bond motifs is 1. The first-order chi connectivity index (χ1) is 9.65. The number of rotatable bonds is 1. The lowest BCUT2D eigenvalue weighted by Gasteiger charge is -2.18. The van der Waals surface area contributed by atoms with Crippen LogP contribution in [0.2, 0.25) is 0 Å². The molecule has 20 heavy (non-hydrogen) atoms. The third-order valence-electron chi connectivity index (χ3n) is 3.63. The van der Waals surface area contributed by atoms with Gasteiger partial charge in [0.15, 0.2) is 0 Å². The summed E-state index contributed by atoms with van der Waals surface area (Å²) >= 11 is 1.51. The van der Waals surface area contributed by atoms with Crippen LogP contribution in [0.4, 0.5) is 0 Å². The van der Waals surface area contributed by atoms with Crippen molar-refractivity contribution in [2.75, 3.05) is 13.1 Å². The van der Waals surface area contributed by atoms with Gasteiger partial charge in [-0.3, -0.25) is 4.79 Å². The maximum absolute atomic E-state index is 12.4. The van der Waals surface area contributed by atoms with Crippen LogP contribution in [0, 0.1) is 13.8 Å². The number of nitrogens with zero attached hydrogens (tertiary/aromatic N) is 4. The fourth-order valence-corrected chi connectivity index (χ4v) is 3.10. The summed E-state index contributed by atoms with van der Waals surface area (Å²) in [6.45, 7) is 5.32. The SMILES string of the molecule is Cc1nc(C(=O)N2CCc3ncnc(C)c3CC2)cs1. The lowest BCUT2D eigenvalue weighted by atomic mass is 10.1. The molecule has 0 saturated carbocycles. The van der Waals surface area contributed by atoms with Gasteiger partial charge in [-0.15, -0.1) is 11.3 Å². The minimum absolute atomic E-state index is 0.0211. The molecule has 2 aromatic heterocycles. The molecule has 0 radical (unpaired) electrons. The second-order valence-electron chi connectivity index (χ2n) is 4.93. The van der Waals surface area contributed by atoms with Crippen LogP contribution in [0.5, 0.6) is 0 Å². The van der Waals surface area contributed by atoms with Crippen LogP contribution in [0.3, 0.4) is 0 Å². The van der Waals surface area contributed by atoms with E-state index in [9.17, 15) is 4.79 Å². The molecule has 0 saturated heterocycles. The molecule has 5 nitrogen and oxygen atoms in total. The summed E-state index contributed by atoms with van der Waals surface area (Å²) in [5, 5.41) is 2.76. The molecular formula is C14H16N4OS. The normalized spacial score (nSPS) is 14.8. The van der Waals surface area contributed by atoms with E-state index in [1.165, 1.54) is 16.9 Å². The zero-order chi connectivity index (χ0) is 14.1. The van der Waals surface area contributed by atoms with Gasteiger partial charge in [0.05, 0.1) is 5.01 Å². The van der Waals surface area contributed by atoms with Gasteiger partial charge in [-0.05, 0) is 25.8 Å². The lowest BCUT2D eigenvalue weighted by Crippen LogP contribution is -2.33. The Kier molecular flexibility index (Phi) is 3.48. The highest BCUT2D eigenvalue weighted by atomic mass is 32.1. The maximum Gasteiger partial charge on any atom is 0.273 e. The number of aryl methyl sites for hydroxylation is 2. The molecule has 0 spiro atoms. The van der Waals surface area contributed by atoms with Crippen LogP contribution in [-0.4, -0.2) is 38.8 Å². The van der Waals surface area contributed by atoms with Crippen LogP contribution in [-0.2, 0) is 12.8 Å². The third kappa shape index (κ3) is 2.43. The van der Waals surface area contributed by atoms with Crippen LogP contribution < -0.4 is 0 Å². The number of hydrogen-bond donors (Lipinski definition) is 0. The number of carbonyl (C=O) groups is 1. The molecular weight excluding hydrogens is 272 g/mol. The van der Waals surface area contributed by atoms with E-state index >= 15 is 0 Å². The molecule has 3 heterocycles. The molecule has 0 N–H and O–H groups in total. The fourth-order valence-electron chi connectivity index (χ4n) is 2.52. The van der Waals surface area contributed by atoms with Crippen molar-refractivity contribution in [3.05, 3.63) is 39.4 Å². The summed E-state index contributed by atoms with van der Waals surface area (Å²) in [7, 11) is 0. The monoisotopic (exact) mass is 288 g/mol. The van der Waals surface area contributed by atoms with Gasteiger partial charge in [0.1, 0.15) is 12.0 Å². The van der Waals surface area contributed by atoms with Crippen molar-refractivity contribution in [1.82, 2.24) is 19.9 Å². The molecule has 1 aliphatic heterocycles. The average molecular weight is 288 g/mol. The Bertz CT molecular complexity index is 652. The molecule has 2 aromatic rings. The second kappa shape index (κ2) is 5.28. The molecule has 3 rings (SSSR count). The van der Waals surface area contributed by atoms with Gasteiger partial charge in [-0.2, -0.15) is 0 Å². The number of amides is 1. The van der Waals surface area contributed by atoms with Crippen molar-refractivity contribution in [3.63, 3.8) is 0 Å². The standard InChI is InChI=1S/C14H16N4OS/c1-9-11-3-5-18(6-4-12(11)16-8-15-9)14(19)13-7-20-10(2)17-13/h7-8H,3-6H2,1-2H3. The summed E-state index contributed by atoms with van der Waals surface area (Å²) in [4.78, 5) is 27.2. The largest absolute Gasteiger partial charge is 0.337 e.